The van der Waals surface area contributed by atoms with Gasteiger partial charge in [-0.1, -0.05) is 34.1 Å². The van der Waals surface area contributed by atoms with Crippen LogP contribution in [0.3, 0.4) is 0 Å². The van der Waals surface area contributed by atoms with Gasteiger partial charge in [0.05, 0.1) is 11.1 Å². The average molecular weight is 319 g/mol. The molecule has 4 heteroatoms. The molecule has 0 bridgehead atoms. The molecule has 0 saturated carbocycles. The van der Waals surface area contributed by atoms with Crippen LogP contribution >= 0.6 is 15.9 Å². The number of alkyl halides is 1. The highest BCUT2D eigenvalue weighted by Gasteiger charge is 2.23. The van der Waals surface area contributed by atoms with Crippen LogP contribution < -0.4 is 0 Å². The molecule has 0 radical (unpaired) electrons. The van der Waals surface area contributed by atoms with E-state index in [0.717, 1.165) is 36.8 Å². The Balaban J connectivity index is 1.93. The molecular formula is C15H15BrN2O. The molecule has 2 heterocycles. The number of nitrogens with zero attached hydrogens (tertiary/aromatic N) is 2. The van der Waals surface area contributed by atoms with E-state index in [-0.39, 0.29) is 5.91 Å². The molecule has 1 aliphatic heterocycles. The summed E-state index contributed by atoms with van der Waals surface area (Å²) >= 11 is 3.61. The lowest BCUT2D eigenvalue weighted by atomic mass is 10.1. The van der Waals surface area contributed by atoms with Gasteiger partial charge in [-0.05, 0) is 25.0 Å². The number of rotatable bonds is 1. The Labute approximate surface area is 120 Å². The molecule has 19 heavy (non-hydrogen) atoms. The maximum absolute atomic E-state index is 12.6. The quantitative estimate of drug-likeness (QED) is 0.756. The third-order valence-electron chi connectivity index (χ3n) is 3.57. The second-order valence-corrected chi connectivity index (χ2v) is 6.14. The summed E-state index contributed by atoms with van der Waals surface area (Å²) in [6, 6.07) is 9.67. The zero-order chi connectivity index (χ0) is 13.2. The minimum absolute atomic E-state index is 0.101. The van der Waals surface area contributed by atoms with Crippen molar-refractivity contribution in [2.75, 3.05) is 13.1 Å². The molecule has 2 aromatic rings. The molecule has 1 aliphatic rings. The van der Waals surface area contributed by atoms with E-state index in [1.54, 1.807) is 6.20 Å². The van der Waals surface area contributed by atoms with E-state index in [0.29, 0.717) is 10.4 Å². The fraction of sp³-hybridized carbons (Fsp3) is 0.333. The Morgan fingerprint density at radius 3 is 2.74 bits per heavy atom. The number of hydrogen-bond donors (Lipinski definition) is 0. The summed E-state index contributed by atoms with van der Waals surface area (Å²) in [7, 11) is 0. The summed E-state index contributed by atoms with van der Waals surface area (Å²) in [6.07, 6.45) is 3.78. The molecular weight excluding hydrogens is 304 g/mol. The van der Waals surface area contributed by atoms with Crippen molar-refractivity contribution >= 4 is 32.7 Å². The molecule has 3 nitrogen and oxygen atoms in total. The summed E-state index contributed by atoms with van der Waals surface area (Å²) in [5, 5.41) is 1.02. The van der Waals surface area contributed by atoms with Gasteiger partial charge in [-0.25, -0.2) is 0 Å². The molecule has 1 fully saturated rings. The van der Waals surface area contributed by atoms with Crippen LogP contribution in [0.1, 0.15) is 23.2 Å². The van der Waals surface area contributed by atoms with Crippen molar-refractivity contribution in [3.05, 3.63) is 42.1 Å². The third kappa shape index (κ3) is 2.50. The number of amides is 1. The fourth-order valence-electron chi connectivity index (χ4n) is 2.50. The lowest BCUT2D eigenvalue weighted by Gasteiger charge is -2.29. The Bertz CT molecular complexity index is 601. The van der Waals surface area contributed by atoms with Crippen molar-refractivity contribution in [1.82, 2.24) is 9.88 Å². The summed E-state index contributed by atoms with van der Waals surface area (Å²) in [5.41, 5.74) is 1.52. The Morgan fingerprint density at radius 2 is 1.95 bits per heavy atom. The van der Waals surface area contributed by atoms with Crippen LogP contribution in [0.2, 0.25) is 0 Å². The van der Waals surface area contributed by atoms with Gasteiger partial charge in [0.25, 0.3) is 5.91 Å². The average Bonchev–Trinajstić information content (AvgIpc) is 2.47. The van der Waals surface area contributed by atoms with Gasteiger partial charge in [-0.3, -0.25) is 9.78 Å². The van der Waals surface area contributed by atoms with Gasteiger partial charge >= 0.3 is 0 Å². The van der Waals surface area contributed by atoms with Gasteiger partial charge in [0, 0.05) is 29.5 Å². The monoisotopic (exact) mass is 318 g/mol. The summed E-state index contributed by atoms with van der Waals surface area (Å²) in [4.78, 5) is 19.4. The maximum atomic E-state index is 12.6. The number of carbonyl (C=O) groups excluding carboxylic acids is 1. The van der Waals surface area contributed by atoms with E-state index in [4.69, 9.17) is 0 Å². The van der Waals surface area contributed by atoms with Crippen molar-refractivity contribution in [2.45, 2.75) is 17.7 Å². The van der Waals surface area contributed by atoms with Gasteiger partial charge in [-0.15, -0.1) is 0 Å². The second kappa shape index (κ2) is 5.29. The van der Waals surface area contributed by atoms with E-state index < -0.39 is 0 Å². The van der Waals surface area contributed by atoms with Gasteiger partial charge < -0.3 is 4.90 Å². The van der Waals surface area contributed by atoms with Gasteiger partial charge in [-0.2, -0.15) is 0 Å². The molecule has 0 N–H and O–H groups in total. The fourth-order valence-corrected chi connectivity index (χ4v) is 2.91. The number of aromatic nitrogens is 1. The number of hydrogen-bond acceptors (Lipinski definition) is 2. The van der Waals surface area contributed by atoms with Gasteiger partial charge in [0.2, 0.25) is 0 Å². The van der Waals surface area contributed by atoms with E-state index in [9.17, 15) is 4.79 Å². The first-order valence-corrected chi connectivity index (χ1v) is 7.44. The molecule has 1 saturated heterocycles. The lowest BCUT2D eigenvalue weighted by molar-refractivity contribution is 0.0730. The van der Waals surface area contributed by atoms with Crippen molar-refractivity contribution in [2.24, 2.45) is 0 Å². The molecule has 0 spiro atoms. The van der Waals surface area contributed by atoms with E-state index >= 15 is 0 Å². The van der Waals surface area contributed by atoms with Crippen LogP contribution in [-0.4, -0.2) is 33.7 Å². The normalized spacial score (nSPS) is 16.8. The zero-order valence-electron chi connectivity index (χ0n) is 10.6. The van der Waals surface area contributed by atoms with Crippen LogP contribution in [0.5, 0.6) is 0 Å². The molecule has 3 rings (SSSR count). The molecule has 0 aliphatic carbocycles. The van der Waals surface area contributed by atoms with E-state index in [1.807, 2.05) is 35.2 Å². The number of piperidine rings is 1. The number of likely N-dealkylation sites (tertiary alicyclic amines) is 1. The van der Waals surface area contributed by atoms with Crippen molar-refractivity contribution in [3.63, 3.8) is 0 Å². The minimum atomic E-state index is 0.101. The smallest absolute Gasteiger partial charge is 0.256 e. The first kappa shape index (κ1) is 12.6. The number of para-hydroxylation sites is 1. The van der Waals surface area contributed by atoms with Crippen LogP contribution in [0.25, 0.3) is 10.9 Å². The third-order valence-corrected chi connectivity index (χ3v) is 4.49. The molecule has 0 unspecified atom stereocenters. The van der Waals surface area contributed by atoms with Crippen molar-refractivity contribution < 1.29 is 4.79 Å². The molecule has 0 atom stereocenters. The predicted molar refractivity (Wildman–Crippen MR) is 79.6 cm³/mol. The standard InChI is InChI=1S/C15H15BrN2O/c16-12-6-9-18(10-7-12)15(19)13-5-1-3-11-4-2-8-17-14(11)13/h1-5,8,12H,6-7,9-10H2. The number of carbonyl (C=O) groups is 1. The minimum Gasteiger partial charge on any atom is -0.339 e. The van der Waals surface area contributed by atoms with Crippen molar-refractivity contribution in [3.8, 4) is 0 Å². The molecule has 1 aromatic heterocycles. The highest BCUT2D eigenvalue weighted by atomic mass is 79.9. The lowest BCUT2D eigenvalue weighted by Crippen LogP contribution is -2.38. The van der Waals surface area contributed by atoms with E-state index in [2.05, 4.69) is 20.9 Å². The van der Waals surface area contributed by atoms with Crippen LogP contribution in [0, 0.1) is 0 Å². The number of benzene rings is 1. The number of halogens is 1. The first-order chi connectivity index (χ1) is 9.25. The van der Waals surface area contributed by atoms with Crippen LogP contribution in [0.4, 0.5) is 0 Å². The van der Waals surface area contributed by atoms with Gasteiger partial charge in [0.15, 0.2) is 0 Å². The second-order valence-electron chi connectivity index (χ2n) is 4.85. The number of pyridine rings is 1. The largest absolute Gasteiger partial charge is 0.339 e. The first-order valence-electron chi connectivity index (χ1n) is 6.53. The van der Waals surface area contributed by atoms with E-state index in [1.165, 1.54) is 0 Å². The van der Waals surface area contributed by atoms with Crippen LogP contribution in [-0.2, 0) is 0 Å². The molecule has 1 amide bonds. The topological polar surface area (TPSA) is 33.2 Å². The zero-order valence-corrected chi connectivity index (χ0v) is 12.1. The highest BCUT2D eigenvalue weighted by molar-refractivity contribution is 9.09. The predicted octanol–water partition coefficient (Wildman–Crippen LogP) is 3.23. The SMILES string of the molecule is O=C(c1cccc2cccnc12)N1CCC(Br)CC1. The Kier molecular flexibility index (Phi) is 3.51. The Morgan fingerprint density at radius 1 is 1.21 bits per heavy atom. The number of fused-ring (bicyclic) bond motifs is 1. The van der Waals surface area contributed by atoms with Gasteiger partial charge in [0.1, 0.15) is 0 Å². The van der Waals surface area contributed by atoms with Crippen molar-refractivity contribution in [1.29, 1.82) is 0 Å². The Hall–Kier alpha value is -1.42. The van der Waals surface area contributed by atoms with Crippen LogP contribution in [0.15, 0.2) is 36.5 Å². The summed E-state index contributed by atoms with van der Waals surface area (Å²) < 4.78 is 0. The highest BCUT2D eigenvalue weighted by Crippen LogP contribution is 2.22. The summed E-state index contributed by atoms with van der Waals surface area (Å²) in [5.74, 6) is 0.101. The maximum Gasteiger partial charge on any atom is 0.256 e. The molecule has 1 aromatic carbocycles. The molecule has 98 valence electrons. The summed E-state index contributed by atoms with van der Waals surface area (Å²) in [6.45, 7) is 1.63.